The average molecular weight is 265 g/mol. The van der Waals surface area contributed by atoms with Gasteiger partial charge < -0.3 is 10.2 Å². The number of nitrogens with zero attached hydrogens (tertiary/aromatic N) is 1. The number of benzene rings is 1. The lowest BCUT2D eigenvalue weighted by molar-refractivity contribution is -0.386. The van der Waals surface area contributed by atoms with Crippen molar-refractivity contribution in [3.63, 3.8) is 0 Å². The molecule has 1 aliphatic rings. The minimum atomic E-state index is -0.813. The summed E-state index contributed by atoms with van der Waals surface area (Å²) in [5, 5.41) is 29.6. The van der Waals surface area contributed by atoms with Gasteiger partial charge in [0, 0.05) is 17.5 Å². The van der Waals surface area contributed by atoms with E-state index in [2.05, 4.69) is 0 Å². The summed E-state index contributed by atoms with van der Waals surface area (Å²) >= 11 is 0. The Bertz CT molecular complexity index is 520. The number of carbonyl (C=O) groups is 1. The Morgan fingerprint density at radius 3 is 2.42 bits per heavy atom. The van der Waals surface area contributed by atoms with Crippen molar-refractivity contribution in [1.29, 1.82) is 0 Å². The largest absolute Gasteiger partial charge is 0.504 e. The van der Waals surface area contributed by atoms with Crippen molar-refractivity contribution in [3.8, 4) is 11.5 Å². The van der Waals surface area contributed by atoms with E-state index in [0.29, 0.717) is 0 Å². The van der Waals surface area contributed by atoms with Gasteiger partial charge in [0.1, 0.15) is 0 Å². The molecule has 0 amide bonds. The topological polar surface area (TPSA) is 101 Å². The second-order valence-corrected chi connectivity index (χ2v) is 4.82. The molecule has 2 N–H and O–H groups in total. The van der Waals surface area contributed by atoms with E-state index in [9.17, 15) is 25.1 Å². The predicted molar refractivity (Wildman–Crippen MR) is 67.3 cm³/mol. The van der Waals surface area contributed by atoms with Gasteiger partial charge in [0.25, 0.3) is 0 Å². The molecule has 0 aromatic heterocycles. The van der Waals surface area contributed by atoms with Crippen LogP contribution >= 0.6 is 0 Å². The van der Waals surface area contributed by atoms with Crippen LogP contribution in [0.1, 0.15) is 42.5 Å². The highest BCUT2D eigenvalue weighted by molar-refractivity contribution is 5.99. The van der Waals surface area contributed by atoms with E-state index in [1.165, 1.54) is 0 Å². The molecule has 1 aliphatic carbocycles. The highest BCUT2D eigenvalue weighted by Gasteiger charge is 2.26. The first kappa shape index (κ1) is 13.3. The molecule has 2 rings (SSSR count). The second kappa shape index (κ2) is 5.26. The third-order valence-electron chi connectivity index (χ3n) is 3.53. The van der Waals surface area contributed by atoms with Crippen molar-refractivity contribution in [1.82, 2.24) is 0 Å². The lowest BCUT2D eigenvalue weighted by atomic mass is 9.84. The zero-order chi connectivity index (χ0) is 14.0. The van der Waals surface area contributed by atoms with Crippen molar-refractivity contribution >= 4 is 11.5 Å². The van der Waals surface area contributed by atoms with Crippen LogP contribution in [0.2, 0.25) is 0 Å². The van der Waals surface area contributed by atoms with E-state index >= 15 is 0 Å². The Labute approximate surface area is 109 Å². The lowest BCUT2D eigenvalue weighted by Gasteiger charge is -2.20. The number of rotatable bonds is 3. The fourth-order valence-electron chi connectivity index (χ4n) is 2.49. The number of phenolic OH excluding ortho intramolecular Hbond substituents is 2. The van der Waals surface area contributed by atoms with Crippen LogP contribution in [0.15, 0.2) is 12.1 Å². The number of hydrogen-bond donors (Lipinski definition) is 2. The predicted octanol–water partition coefficient (Wildman–Crippen LogP) is 2.77. The summed E-state index contributed by atoms with van der Waals surface area (Å²) in [4.78, 5) is 22.2. The molecule has 1 fully saturated rings. The number of aromatic hydroxyl groups is 2. The molecule has 0 heterocycles. The zero-order valence-corrected chi connectivity index (χ0v) is 10.3. The van der Waals surface area contributed by atoms with Gasteiger partial charge in [-0.3, -0.25) is 14.9 Å². The number of ketones is 1. The lowest BCUT2D eigenvalue weighted by Crippen LogP contribution is -2.17. The first-order valence-corrected chi connectivity index (χ1v) is 6.25. The van der Waals surface area contributed by atoms with Crippen molar-refractivity contribution < 1.29 is 19.9 Å². The number of phenols is 2. The van der Waals surface area contributed by atoms with Crippen LogP contribution in [0.25, 0.3) is 0 Å². The van der Waals surface area contributed by atoms with Gasteiger partial charge in [0.2, 0.25) is 5.75 Å². The summed E-state index contributed by atoms with van der Waals surface area (Å²) in [6.45, 7) is 0. The number of nitro groups is 1. The standard InChI is InChI=1S/C13H15NO5/c15-11-7-9(6-10(13(11)17)14(18)19)12(16)8-4-2-1-3-5-8/h6-8,15,17H,1-5H2. The van der Waals surface area contributed by atoms with Crippen LogP contribution in [0.3, 0.4) is 0 Å². The summed E-state index contributed by atoms with van der Waals surface area (Å²) in [5.41, 5.74) is -0.548. The molecule has 0 unspecified atom stereocenters. The maximum Gasteiger partial charge on any atom is 0.315 e. The zero-order valence-electron chi connectivity index (χ0n) is 10.3. The molecule has 6 heteroatoms. The summed E-state index contributed by atoms with van der Waals surface area (Å²) in [6, 6.07) is 2.13. The molecule has 0 bridgehead atoms. The third-order valence-corrected chi connectivity index (χ3v) is 3.53. The van der Waals surface area contributed by atoms with Crippen LogP contribution in [0.4, 0.5) is 5.69 Å². The maximum absolute atomic E-state index is 12.2. The van der Waals surface area contributed by atoms with E-state index in [4.69, 9.17) is 0 Å². The van der Waals surface area contributed by atoms with E-state index in [1.54, 1.807) is 0 Å². The minimum Gasteiger partial charge on any atom is -0.504 e. The van der Waals surface area contributed by atoms with Crippen LogP contribution in [0.5, 0.6) is 11.5 Å². The maximum atomic E-state index is 12.2. The molecule has 6 nitrogen and oxygen atoms in total. The van der Waals surface area contributed by atoms with Gasteiger partial charge in [0.05, 0.1) is 4.92 Å². The van der Waals surface area contributed by atoms with Crippen LogP contribution in [-0.2, 0) is 0 Å². The normalized spacial score (nSPS) is 16.2. The van der Waals surface area contributed by atoms with Crippen molar-refractivity contribution in [3.05, 3.63) is 27.8 Å². The van der Waals surface area contributed by atoms with Gasteiger partial charge in [0.15, 0.2) is 11.5 Å². The van der Waals surface area contributed by atoms with E-state index < -0.39 is 22.1 Å². The summed E-state index contributed by atoms with van der Waals surface area (Å²) < 4.78 is 0. The Morgan fingerprint density at radius 1 is 1.21 bits per heavy atom. The van der Waals surface area contributed by atoms with Crippen LogP contribution < -0.4 is 0 Å². The molecular formula is C13H15NO5. The fourth-order valence-corrected chi connectivity index (χ4v) is 2.49. The van der Waals surface area contributed by atoms with Crippen LogP contribution in [0, 0.1) is 16.0 Å². The fraction of sp³-hybridized carbons (Fsp3) is 0.462. The molecule has 0 saturated heterocycles. The van der Waals surface area contributed by atoms with Crippen molar-refractivity contribution in [2.24, 2.45) is 5.92 Å². The molecule has 102 valence electrons. The SMILES string of the molecule is O=C(c1cc(O)c(O)c([N+](=O)[O-])c1)C1CCCCC1. The molecule has 1 aromatic carbocycles. The molecule has 0 atom stereocenters. The van der Waals surface area contributed by atoms with Gasteiger partial charge in [-0.05, 0) is 18.9 Å². The molecule has 0 aliphatic heterocycles. The molecule has 0 spiro atoms. The number of hydrogen-bond acceptors (Lipinski definition) is 5. The Hall–Kier alpha value is -2.11. The first-order valence-electron chi connectivity index (χ1n) is 6.25. The highest BCUT2D eigenvalue weighted by atomic mass is 16.6. The monoisotopic (exact) mass is 265 g/mol. The molecule has 1 saturated carbocycles. The van der Waals surface area contributed by atoms with E-state index in [-0.39, 0.29) is 17.3 Å². The van der Waals surface area contributed by atoms with Gasteiger partial charge in [-0.1, -0.05) is 19.3 Å². The van der Waals surface area contributed by atoms with Gasteiger partial charge in [-0.2, -0.15) is 0 Å². The minimum absolute atomic E-state index is 0.0916. The summed E-state index contributed by atoms with van der Waals surface area (Å²) in [7, 11) is 0. The summed E-state index contributed by atoms with van der Waals surface area (Å²) in [5.74, 6) is -1.77. The van der Waals surface area contributed by atoms with Gasteiger partial charge in [-0.25, -0.2) is 0 Å². The highest BCUT2D eigenvalue weighted by Crippen LogP contribution is 2.37. The molecular weight excluding hydrogens is 250 g/mol. The first-order chi connectivity index (χ1) is 9.00. The molecule has 0 radical (unpaired) electrons. The van der Waals surface area contributed by atoms with Gasteiger partial charge in [-0.15, -0.1) is 0 Å². The third kappa shape index (κ3) is 2.67. The van der Waals surface area contributed by atoms with E-state index in [1.807, 2.05) is 0 Å². The Balaban J connectivity index is 2.34. The second-order valence-electron chi connectivity index (χ2n) is 4.82. The number of carbonyl (C=O) groups excluding carboxylic acids is 1. The van der Waals surface area contributed by atoms with E-state index in [0.717, 1.165) is 44.2 Å². The van der Waals surface area contributed by atoms with Crippen molar-refractivity contribution in [2.45, 2.75) is 32.1 Å². The smallest absolute Gasteiger partial charge is 0.315 e. The van der Waals surface area contributed by atoms with Crippen molar-refractivity contribution in [2.75, 3.05) is 0 Å². The number of nitro benzene ring substituents is 1. The quantitative estimate of drug-likeness (QED) is 0.379. The molecule has 19 heavy (non-hydrogen) atoms. The number of Topliss-reactive ketones (excluding diaryl/α,β-unsaturated/α-hetero) is 1. The molecule has 1 aromatic rings. The van der Waals surface area contributed by atoms with Gasteiger partial charge >= 0.3 is 5.69 Å². The Kier molecular flexibility index (Phi) is 3.69. The summed E-state index contributed by atoms with van der Waals surface area (Å²) in [6.07, 6.45) is 4.60. The Morgan fingerprint density at radius 2 is 1.84 bits per heavy atom. The van der Waals surface area contributed by atoms with Crippen LogP contribution in [-0.4, -0.2) is 20.9 Å². The average Bonchev–Trinajstić information content (AvgIpc) is 2.41.